The lowest BCUT2D eigenvalue weighted by Gasteiger charge is -2.40. The number of fused-ring (bicyclic) bond motifs is 2. The Morgan fingerprint density at radius 2 is 1.78 bits per heavy atom. The minimum Gasteiger partial charge on any atom is -0.375 e. The number of alkyl halides is 5. The Labute approximate surface area is 307 Å². The van der Waals surface area contributed by atoms with Crippen LogP contribution in [-0.4, -0.2) is 72.6 Å². The molecule has 3 N–H and O–H groups in total. The first kappa shape index (κ1) is 37.2. The van der Waals surface area contributed by atoms with Gasteiger partial charge in [0.25, 0.3) is 5.92 Å². The SMILES string of the molecule is CSNc1nn(C)c2c(-c3ccc(C#CC4(O)CN(C)C4)nc3C(Cc3cc(F)cc(F)c3)NC(=O)n3nc(C(F)(F)F)c4c3C(F)(F)CC4)cccc12. The van der Waals surface area contributed by atoms with E-state index in [0.717, 1.165) is 12.1 Å². The summed E-state index contributed by atoms with van der Waals surface area (Å²) in [6.45, 7) is 0.533. The Kier molecular flexibility index (Phi) is 9.39. The smallest absolute Gasteiger partial charge is 0.375 e. The van der Waals surface area contributed by atoms with Crippen LogP contribution in [0.2, 0.25) is 0 Å². The maximum absolute atomic E-state index is 15.1. The molecule has 7 rings (SSSR count). The monoisotopic (exact) mass is 772 g/mol. The number of likely N-dealkylation sites (tertiary alicyclic amines) is 1. The number of halogens is 7. The number of nitrogens with one attached hydrogen (secondary N) is 2. The Bertz CT molecular complexity index is 2340. The van der Waals surface area contributed by atoms with E-state index in [4.69, 9.17) is 4.98 Å². The molecule has 2 aromatic carbocycles. The van der Waals surface area contributed by atoms with E-state index >= 15 is 8.78 Å². The van der Waals surface area contributed by atoms with E-state index in [2.05, 4.69) is 32.1 Å². The molecule has 1 amide bonds. The molecule has 5 aromatic rings. The number of hydrogen-bond acceptors (Lipinski definition) is 8. The number of aromatic nitrogens is 5. The number of aryl methyl sites for hydroxylation is 1. The van der Waals surface area contributed by atoms with Gasteiger partial charge in [-0.25, -0.2) is 18.6 Å². The van der Waals surface area contributed by atoms with Crippen molar-refractivity contribution in [3.05, 3.63) is 94.1 Å². The summed E-state index contributed by atoms with van der Waals surface area (Å²) in [5.74, 6) is 0.461. The van der Waals surface area contributed by atoms with Gasteiger partial charge in [0.05, 0.1) is 17.3 Å². The van der Waals surface area contributed by atoms with Crippen LogP contribution in [0.15, 0.2) is 48.5 Å². The lowest BCUT2D eigenvalue weighted by Crippen LogP contribution is -2.59. The highest BCUT2D eigenvalue weighted by Crippen LogP contribution is 2.46. The number of carbonyl (C=O) groups excluding carboxylic acids is 1. The summed E-state index contributed by atoms with van der Waals surface area (Å²) in [4.78, 5) is 20.5. The number of amides is 1. The van der Waals surface area contributed by atoms with Crippen LogP contribution in [0, 0.1) is 23.5 Å². The topological polar surface area (TPSA) is 113 Å². The molecule has 282 valence electrons. The Hall–Kier alpha value is -5.12. The molecule has 3 aromatic heterocycles. The van der Waals surface area contributed by atoms with Crippen molar-refractivity contribution >= 4 is 34.7 Å². The summed E-state index contributed by atoms with van der Waals surface area (Å²) < 4.78 is 106. The van der Waals surface area contributed by atoms with E-state index < -0.39 is 77.6 Å². The number of para-hydroxylation sites is 1. The van der Waals surface area contributed by atoms with Gasteiger partial charge in [-0.3, -0.25) is 9.58 Å². The standard InChI is InChI=1S/C36H31F7N8O2S/c1-49-17-34(53,18-49)11-9-22-7-8-23(24-5-4-6-25-29(24)50(2)47-32(25)48-54-3)28(44-22)27(15-19-13-20(37)16-21(38)14-19)45-33(52)51-31-26(10-12-35(31,39)40)30(46-51)36(41,42)43/h4-8,13-14,16,27,53H,10,12,15,17-18H2,1-3H3,(H,45,52)(H,47,48). The van der Waals surface area contributed by atoms with Crippen molar-refractivity contribution in [2.75, 3.05) is 31.1 Å². The van der Waals surface area contributed by atoms with Crippen molar-refractivity contribution in [1.29, 1.82) is 0 Å². The quantitative estimate of drug-likeness (QED) is 0.0987. The van der Waals surface area contributed by atoms with Gasteiger partial charge < -0.3 is 15.1 Å². The normalized spacial score (nSPS) is 16.7. The highest BCUT2D eigenvalue weighted by atomic mass is 32.2. The van der Waals surface area contributed by atoms with Crippen LogP contribution in [0.5, 0.6) is 0 Å². The van der Waals surface area contributed by atoms with E-state index in [1.807, 2.05) is 17.2 Å². The van der Waals surface area contributed by atoms with E-state index in [0.29, 0.717) is 33.9 Å². The summed E-state index contributed by atoms with van der Waals surface area (Å²) in [6.07, 6.45) is -5.35. The van der Waals surface area contributed by atoms with Crippen molar-refractivity contribution in [3.63, 3.8) is 0 Å². The van der Waals surface area contributed by atoms with E-state index in [1.54, 1.807) is 43.0 Å². The number of benzene rings is 2. The molecule has 1 fully saturated rings. The van der Waals surface area contributed by atoms with Crippen molar-refractivity contribution in [2.24, 2.45) is 7.05 Å². The van der Waals surface area contributed by atoms with Crippen molar-refractivity contribution in [1.82, 2.24) is 34.8 Å². The lowest BCUT2D eigenvalue weighted by atomic mass is 9.93. The van der Waals surface area contributed by atoms with Gasteiger partial charge in [0, 0.05) is 61.0 Å². The predicted octanol–water partition coefficient (Wildman–Crippen LogP) is 6.43. The second kappa shape index (κ2) is 13.6. The van der Waals surface area contributed by atoms with Crippen LogP contribution in [0.1, 0.15) is 46.4 Å². The third-order valence-corrected chi connectivity index (χ3v) is 9.63. The number of anilines is 1. The molecule has 1 atom stereocenters. The van der Waals surface area contributed by atoms with Gasteiger partial charge in [-0.15, -0.1) is 0 Å². The number of carbonyl (C=O) groups is 1. The molecule has 10 nitrogen and oxygen atoms in total. The van der Waals surface area contributed by atoms with Crippen LogP contribution in [-0.2, 0) is 32.0 Å². The Balaban J connectivity index is 1.42. The average molecular weight is 773 g/mol. The van der Waals surface area contributed by atoms with Crippen LogP contribution < -0.4 is 10.0 Å². The molecule has 1 aliphatic carbocycles. The number of hydrogen-bond donors (Lipinski definition) is 3. The van der Waals surface area contributed by atoms with Crippen LogP contribution in [0.25, 0.3) is 22.0 Å². The molecule has 0 saturated carbocycles. The van der Waals surface area contributed by atoms with Gasteiger partial charge in [0.15, 0.2) is 17.1 Å². The van der Waals surface area contributed by atoms with Crippen molar-refractivity contribution in [3.8, 4) is 23.0 Å². The first-order chi connectivity index (χ1) is 25.5. The molecule has 0 radical (unpaired) electrons. The Morgan fingerprint density at radius 1 is 1.06 bits per heavy atom. The number of β-amino-alcohol motifs (C(OH)–C–C–N with tert-alkyl or cyclic N) is 1. The summed E-state index contributed by atoms with van der Waals surface area (Å²) in [5, 5.41) is 21.9. The van der Waals surface area contributed by atoms with Crippen LogP contribution in [0.4, 0.5) is 41.3 Å². The van der Waals surface area contributed by atoms with Crippen molar-refractivity contribution in [2.45, 2.75) is 43.0 Å². The van der Waals surface area contributed by atoms with E-state index in [9.17, 15) is 31.9 Å². The molecular formula is C36H31F7N8O2S. The van der Waals surface area contributed by atoms with Gasteiger partial charge in [0.1, 0.15) is 23.0 Å². The molecule has 18 heteroatoms. The summed E-state index contributed by atoms with van der Waals surface area (Å²) in [7, 11) is 3.50. The van der Waals surface area contributed by atoms with Crippen molar-refractivity contribution < 1.29 is 40.6 Å². The van der Waals surface area contributed by atoms with E-state index in [-0.39, 0.29) is 34.7 Å². The van der Waals surface area contributed by atoms with Gasteiger partial charge in [-0.2, -0.15) is 36.8 Å². The fourth-order valence-electron chi connectivity index (χ4n) is 7.10. The van der Waals surface area contributed by atoms with Gasteiger partial charge in [0.2, 0.25) is 0 Å². The maximum Gasteiger partial charge on any atom is 0.435 e. The third-order valence-electron chi connectivity index (χ3n) is 9.23. The second-order valence-corrected chi connectivity index (χ2v) is 13.9. The second-order valence-electron chi connectivity index (χ2n) is 13.3. The number of nitrogens with zero attached hydrogens (tertiary/aromatic N) is 6. The molecular weight excluding hydrogens is 742 g/mol. The first-order valence-electron chi connectivity index (χ1n) is 16.5. The highest BCUT2D eigenvalue weighted by molar-refractivity contribution is 7.99. The zero-order valence-electron chi connectivity index (χ0n) is 28.8. The zero-order chi connectivity index (χ0) is 38.7. The average Bonchev–Trinajstić information content (AvgIpc) is 3.73. The number of pyridine rings is 1. The summed E-state index contributed by atoms with van der Waals surface area (Å²) >= 11 is 1.31. The maximum atomic E-state index is 15.1. The fraction of sp³-hybridized carbons (Fsp3) is 0.333. The predicted molar refractivity (Wildman–Crippen MR) is 187 cm³/mol. The molecule has 4 heterocycles. The number of likely N-dealkylation sites (N-methyl/N-ethyl adjacent to an activating group) is 1. The first-order valence-corrected chi connectivity index (χ1v) is 17.7. The minimum atomic E-state index is -5.14. The molecule has 1 unspecified atom stereocenters. The lowest BCUT2D eigenvalue weighted by molar-refractivity contribution is -0.142. The molecule has 2 aliphatic rings. The summed E-state index contributed by atoms with van der Waals surface area (Å²) in [6, 6.07) is 8.24. The largest absolute Gasteiger partial charge is 0.435 e. The number of rotatable bonds is 7. The number of aliphatic hydroxyl groups is 1. The highest BCUT2D eigenvalue weighted by Gasteiger charge is 2.51. The van der Waals surface area contributed by atoms with Gasteiger partial charge >= 0.3 is 12.2 Å². The third kappa shape index (κ3) is 6.98. The van der Waals surface area contributed by atoms with Crippen LogP contribution in [0.3, 0.4) is 0 Å². The fourth-order valence-corrected chi connectivity index (χ4v) is 7.44. The van der Waals surface area contributed by atoms with Gasteiger partial charge in [-0.05, 0) is 61.7 Å². The molecule has 1 aliphatic heterocycles. The van der Waals surface area contributed by atoms with E-state index in [1.165, 1.54) is 11.9 Å². The van der Waals surface area contributed by atoms with Gasteiger partial charge in [-0.1, -0.05) is 30.0 Å². The zero-order valence-corrected chi connectivity index (χ0v) is 29.6. The van der Waals surface area contributed by atoms with Crippen LogP contribution >= 0.6 is 11.9 Å². The molecule has 54 heavy (non-hydrogen) atoms. The Morgan fingerprint density at radius 3 is 2.44 bits per heavy atom. The molecule has 0 spiro atoms. The summed E-state index contributed by atoms with van der Waals surface area (Å²) in [5.41, 5.74) is -3.31. The minimum absolute atomic E-state index is 0.00561. The molecule has 0 bridgehead atoms. The molecule has 1 saturated heterocycles.